The van der Waals surface area contributed by atoms with Gasteiger partial charge in [0.05, 0.1) is 22.7 Å². The van der Waals surface area contributed by atoms with E-state index in [0.29, 0.717) is 5.69 Å². The molecule has 1 saturated heterocycles. The van der Waals surface area contributed by atoms with Gasteiger partial charge >= 0.3 is 0 Å². The number of nitrogens with one attached hydrogen (secondary N) is 1. The maximum Gasteiger partial charge on any atom is 0.251 e. The first-order chi connectivity index (χ1) is 9.20. The van der Waals surface area contributed by atoms with Crippen molar-refractivity contribution < 1.29 is 18.0 Å². The fraction of sp³-hybridized carbons (Fsp3) is 0.333. The van der Waals surface area contributed by atoms with Crippen LogP contribution < -0.4 is 11.1 Å². The molecule has 1 unspecified atom stereocenters. The number of nitrogen functional groups attached to an aromatic ring is 1. The Morgan fingerprint density at radius 3 is 2.45 bits per heavy atom. The molecule has 2 amide bonds. The molecule has 0 aromatic heterocycles. The second-order valence-electron chi connectivity index (χ2n) is 4.71. The minimum atomic E-state index is -3.33. The molecule has 7 nitrogen and oxygen atoms in total. The number of likely N-dealkylation sites (N-methyl/N-ethyl adjacent to an activating group) is 1. The highest BCUT2D eigenvalue weighted by Crippen LogP contribution is 2.25. The van der Waals surface area contributed by atoms with Gasteiger partial charge in [-0.05, 0) is 18.2 Å². The van der Waals surface area contributed by atoms with Crippen LogP contribution in [0.3, 0.4) is 0 Å². The second kappa shape index (κ2) is 4.78. The molecule has 1 aromatic rings. The molecule has 1 aliphatic heterocycles. The minimum absolute atomic E-state index is 0.0581. The second-order valence-corrected chi connectivity index (χ2v) is 6.73. The van der Waals surface area contributed by atoms with Gasteiger partial charge < -0.3 is 11.1 Å². The summed E-state index contributed by atoms with van der Waals surface area (Å²) in [6.07, 6.45) is 1.14. The molecule has 1 aromatic carbocycles. The summed E-state index contributed by atoms with van der Waals surface area (Å²) in [6.45, 7) is 0. The lowest BCUT2D eigenvalue weighted by Gasteiger charge is -2.14. The van der Waals surface area contributed by atoms with Gasteiger partial charge in [0, 0.05) is 13.3 Å². The largest absolute Gasteiger partial charge is 0.397 e. The molecule has 1 atom stereocenters. The lowest BCUT2D eigenvalue weighted by atomic mass is 10.2. The molecule has 3 N–H and O–H groups in total. The van der Waals surface area contributed by atoms with Crippen molar-refractivity contribution in [3.8, 4) is 0 Å². The maximum atomic E-state index is 11.8. The minimum Gasteiger partial charge on any atom is -0.397 e. The van der Waals surface area contributed by atoms with Gasteiger partial charge in [0.2, 0.25) is 5.91 Å². The van der Waals surface area contributed by atoms with E-state index in [2.05, 4.69) is 5.32 Å². The van der Waals surface area contributed by atoms with E-state index >= 15 is 0 Å². The first-order valence-corrected chi connectivity index (χ1v) is 7.76. The number of benzene rings is 1. The topological polar surface area (TPSA) is 110 Å². The van der Waals surface area contributed by atoms with Gasteiger partial charge in [0.1, 0.15) is 6.04 Å². The van der Waals surface area contributed by atoms with Crippen LogP contribution in [-0.4, -0.2) is 44.5 Å². The van der Waals surface area contributed by atoms with E-state index in [0.717, 1.165) is 11.2 Å². The van der Waals surface area contributed by atoms with E-state index in [1.807, 2.05) is 0 Å². The first-order valence-electron chi connectivity index (χ1n) is 5.86. The monoisotopic (exact) mass is 297 g/mol. The number of likely N-dealkylation sites (tertiary alicyclic amines) is 1. The van der Waals surface area contributed by atoms with Crippen molar-refractivity contribution in [3.63, 3.8) is 0 Å². The predicted octanol–water partition coefficient (Wildman–Crippen LogP) is -0.159. The average Bonchev–Trinajstić information content (AvgIpc) is 2.58. The van der Waals surface area contributed by atoms with E-state index in [1.54, 1.807) is 0 Å². The number of anilines is 2. The Balaban J connectivity index is 2.24. The van der Waals surface area contributed by atoms with Gasteiger partial charge in [0.15, 0.2) is 9.84 Å². The van der Waals surface area contributed by atoms with Gasteiger partial charge in [-0.2, -0.15) is 0 Å². The number of carbonyl (C=O) groups excluding carboxylic acids is 2. The summed E-state index contributed by atoms with van der Waals surface area (Å²) < 4.78 is 22.8. The lowest BCUT2D eigenvalue weighted by Crippen LogP contribution is -2.32. The van der Waals surface area contributed by atoms with Crippen molar-refractivity contribution >= 4 is 33.0 Å². The van der Waals surface area contributed by atoms with Crippen LogP contribution in [-0.2, 0) is 19.4 Å². The maximum absolute atomic E-state index is 11.8. The summed E-state index contributed by atoms with van der Waals surface area (Å²) in [4.78, 5) is 24.3. The highest BCUT2D eigenvalue weighted by atomic mass is 32.2. The summed E-state index contributed by atoms with van der Waals surface area (Å²) in [5.74, 6) is -0.597. The summed E-state index contributed by atoms with van der Waals surface area (Å²) >= 11 is 0. The highest BCUT2D eigenvalue weighted by Gasteiger charge is 2.36. The molecule has 1 heterocycles. The normalized spacial score (nSPS) is 19.5. The molecule has 8 heteroatoms. The van der Waals surface area contributed by atoms with Gasteiger partial charge in [-0.1, -0.05) is 0 Å². The summed E-state index contributed by atoms with van der Waals surface area (Å²) in [5.41, 5.74) is 6.41. The first kappa shape index (κ1) is 14.3. The Bertz CT molecular complexity index is 684. The summed E-state index contributed by atoms with van der Waals surface area (Å²) in [5, 5.41) is 2.87. The van der Waals surface area contributed by atoms with Crippen LogP contribution in [0.5, 0.6) is 0 Å². The lowest BCUT2D eigenvalue weighted by molar-refractivity contribution is -0.136. The number of sulfone groups is 1. The number of nitrogens with zero attached hydrogens (tertiary/aromatic N) is 1. The SMILES string of the molecule is CN1C(=O)CC(Nc2ccc(S(C)(=O)=O)cc2N)C1=O. The van der Waals surface area contributed by atoms with E-state index in [9.17, 15) is 18.0 Å². The van der Waals surface area contributed by atoms with Crippen molar-refractivity contribution in [2.75, 3.05) is 24.4 Å². The molecular weight excluding hydrogens is 282 g/mol. The van der Waals surface area contributed by atoms with Crippen LogP contribution in [0.4, 0.5) is 11.4 Å². The van der Waals surface area contributed by atoms with Crippen LogP contribution in [0.25, 0.3) is 0 Å². The molecule has 1 fully saturated rings. The van der Waals surface area contributed by atoms with Gasteiger partial charge in [0.25, 0.3) is 5.91 Å². The van der Waals surface area contributed by atoms with Crippen molar-refractivity contribution in [2.24, 2.45) is 0 Å². The van der Waals surface area contributed by atoms with Gasteiger partial charge in [-0.15, -0.1) is 0 Å². The third kappa shape index (κ3) is 2.60. The number of carbonyl (C=O) groups is 2. The van der Waals surface area contributed by atoms with Crippen LogP contribution >= 0.6 is 0 Å². The van der Waals surface area contributed by atoms with E-state index in [-0.39, 0.29) is 28.8 Å². The fourth-order valence-corrected chi connectivity index (χ4v) is 2.62. The zero-order valence-corrected chi connectivity index (χ0v) is 11.9. The number of hydrogen-bond donors (Lipinski definition) is 2. The van der Waals surface area contributed by atoms with E-state index in [1.165, 1.54) is 25.2 Å². The number of rotatable bonds is 3. The Morgan fingerprint density at radius 2 is 2.00 bits per heavy atom. The van der Waals surface area contributed by atoms with E-state index in [4.69, 9.17) is 5.73 Å². The molecule has 0 spiro atoms. The summed E-state index contributed by atoms with van der Waals surface area (Å²) in [7, 11) is -1.92. The molecule has 0 aliphatic carbocycles. The van der Waals surface area contributed by atoms with E-state index < -0.39 is 15.9 Å². The number of amides is 2. The Labute approximate surface area is 116 Å². The van der Waals surface area contributed by atoms with Crippen LogP contribution in [0.15, 0.2) is 23.1 Å². The Hall–Kier alpha value is -2.09. The molecule has 0 radical (unpaired) electrons. The van der Waals surface area contributed by atoms with Gasteiger partial charge in [-0.25, -0.2) is 8.42 Å². The Morgan fingerprint density at radius 1 is 1.35 bits per heavy atom. The third-order valence-corrected chi connectivity index (χ3v) is 4.27. The Kier molecular flexibility index (Phi) is 3.43. The van der Waals surface area contributed by atoms with Crippen LogP contribution in [0, 0.1) is 0 Å². The standard InChI is InChI=1S/C12H15N3O4S/c1-15-11(16)6-10(12(15)17)14-9-4-3-7(5-8(9)13)20(2,18)19/h3-5,10,14H,6,13H2,1-2H3. The number of nitrogens with two attached hydrogens (primary N) is 1. The molecule has 0 saturated carbocycles. The molecular formula is C12H15N3O4S. The molecule has 108 valence electrons. The summed E-state index contributed by atoms with van der Waals surface area (Å²) in [6, 6.07) is 3.54. The smallest absolute Gasteiger partial charge is 0.251 e. The average molecular weight is 297 g/mol. The van der Waals surface area contributed by atoms with Crippen LogP contribution in [0.1, 0.15) is 6.42 Å². The van der Waals surface area contributed by atoms with Gasteiger partial charge in [-0.3, -0.25) is 14.5 Å². The van der Waals surface area contributed by atoms with Crippen molar-refractivity contribution in [2.45, 2.75) is 17.4 Å². The van der Waals surface area contributed by atoms with Crippen molar-refractivity contribution in [1.29, 1.82) is 0 Å². The molecule has 20 heavy (non-hydrogen) atoms. The molecule has 2 rings (SSSR count). The van der Waals surface area contributed by atoms with Crippen molar-refractivity contribution in [1.82, 2.24) is 4.90 Å². The zero-order valence-electron chi connectivity index (χ0n) is 11.1. The zero-order chi connectivity index (χ0) is 15.1. The van der Waals surface area contributed by atoms with Crippen molar-refractivity contribution in [3.05, 3.63) is 18.2 Å². The highest BCUT2D eigenvalue weighted by molar-refractivity contribution is 7.90. The molecule has 0 bridgehead atoms. The predicted molar refractivity (Wildman–Crippen MR) is 73.8 cm³/mol. The third-order valence-electron chi connectivity index (χ3n) is 3.16. The van der Waals surface area contributed by atoms with Crippen LogP contribution in [0.2, 0.25) is 0 Å². The molecule has 1 aliphatic rings. The quantitative estimate of drug-likeness (QED) is 0.592. The number of imide groups is 1. The number of hydrogen-bond acceptors (Lipinski definition) is 6. The fourth-order valence-electron chi connectivity index (χ4n) is 1.96.